The van der Waals surface area contributed by atoms with Crippen molar-refractivity contribution in [2.24, 2.45) is 0 Å². The summed E-state index contributed by atoms with van der Waals surface area (Å²) in [7, 11) is 0. The second-order valence-electron chi connectivity index (χ2n) is 5.79. The summed E-state index contributed by atoms with van der Waals surface area (Å²) in [6.45, 7) is 2.23. The molecule has 1 saturated heterocycles. The predicted molar refractivity (Wildman–Crippen MR) is 115 cm³/mol. The Morgan fingerprint density at radius 1 is 1.25 bits per heavy atom. The Bertz CT molecular complexity index is 996. The van der Waals surface area contributed by atoms with Crippen LogP contribution in [0.15, 0.2) is 39.7 Å². The minimum Gasteiger partial charge on any atom is -0.503 e. The average molecular weight is 503 g/mol. The zero-order valence-corrected chi connectivity index (χ0v) is 18.5. The molecule has 1 aliphatic heterocycles. The first-order valence-electron chi connectivity index (χ1n) is 8.14. The largest absolute Gasteiger partial charge is 0.503 e. The van der Waals surface area contributed by atoms with Crippen LogP contribution in [-0.4, -0.2) is 27.8 Å². The topological polar surface area (TPSA) is 66.8 Å². The number of halogens is 3. The van der Waals surface area contributed by atoms with E-state index in [9.17, 15) is 14.7 Å². The van der Waals surface area contributed by atoms with E-state index in [4.69, 9.17) is 27.9 Å². The molecule has 1 fully saturated rings. The molecule has 5 nitrogen and oxygen atoms in total. The van der Waals surface area contributed by atoms with E-state index in [-0.39, 0.29) is 28.2 Å². The van der Waals surface area contributed by atoms with Gasteiger partial charge in [-0.3, -0.25) is 14.5 Å². The molecule has 9 heteroatoms. The van der Waals surface area contributed by atoms with E-state index in [0.29, 0.717) is 32.3 Å². The molecule has 1 heterocycles. The molecular formula is C19H14BrCl2NO4S. The molecule has 2 amide bonds. The lowest BCUT2D eigenvalue weighted by molar-refractivity contribution is -0.123. The van der Waals surface area contributed by atoms with Crippen molar-refractivity contribution in [2.45, 2.75) is 13.5 Å². The van der Waals surface area contributed by atoms with Gasteiger partial charge in [-0.15, -0.1) is 0 Å². The van der Waals surface area contributed by atoms with Gasteiger partial charge in [-0.05, 0) is 76.1 Å². The van der Waals surface area contributed by atoms with Gasteiger partial charge in [0.1, 0.15) is 0 Å². The lowest BCUT2D eigenvalue weighted by atomic mass is 10.1. The maximum absolute atomic E-state index is 12.7. The van der Waals surface area contributed by atoms with Crippen LogP contribution in [0.3, 0.4) is 0 Å². The summed E-state index contributed by atoms with van der Waals surface area (Å²) in [6, 6.07) is 8.15. The monoisotopic (exact) mass is 501 g/mol. The minimum atomic E-state index is -0.414. The third-order valence-corrected chi connectivity index (χ3v) is 5.96. The van der Waals surface area contributed by atoms with Gasteiger partial charge in [0.15, 0.2) is 11.5 Å². The number of imide groups is 1. The van der Waals surface area contributed by atoms with Crippen LogP contribution in [0, 0.1) is 0 Å². The van der Waals surface area contributed by atoms with Gasteiger partial charge >= 0.3 is 0 Å². The molecule has 3 rings (SSSR count). The lowest BCUT2D eigenvalue weighted by Gasteiger charge is -2.13. The summed E-state index contributed by atoms with van der Waals surface area (Å²) >= 11 is 16.1. The lowest BCUT2D eigenvalue weighted by Crippen LogP contribution is -2.27. The highest BCUT2D eigenvalue weighted by molar-refractivity contribution is 9.10. The molecule has 1 N–H and O–H groups in total. The van der Waals surface area contributed by atoms with Gasteiger partial charge in [0, 0.05) is 10.0 Å². The summed E-state index contributed by atoms with van der Waals surface area (Å²) in [5.74, 6) is -0.150. The molecule has 0 bridgehead atoms. The quantitative estimate of drug-likeness (QED) is 0.500. The van der Waals surface area contributed by atoms with Gasteiger partial charge < -0.3 is 9.84 Å². The fourth-order valence-corrected chi connectivity index (χ4v) is 4.32. The molecule has 146 valence electrons. The molecule has 28 heavy (non-hydrogen) atoms. The van der Waals surface area contributed by atoms with E-state index in [2.05, 4.69) is 15.9 Å². The number of hydrogen-bond acceptors (Lipinski definition) is 5. The molecule has 0 spiro atoms. The van der Waals surface area contributed by atoms with Crippen molar-refractivity contribution in [2.75, 3.05) is 6.61 Å². The smallest absolute Gasteiger partial charge is 0.293 e. The molecule has 0 aromatic heterocycles. The van der Waals surface area contributed by atoms with E-state index in [1.165, 1.54) is 0 Å². The van der Waals surface area contributed by atoms with Crippen molar-refractivity contribution in [3.63, 3.8) is 0 Å². The number of hydrogen-bond donors (Lipinski definition) is 1. The molecule has 0 unspecified atom stereocenters. The van der Waals surface area contributed by atoms with Crippen molar-refractivity contribution in [1.82, 2.24) is 4.90 Å². The van der Waals surface area contributed by atoms with Crippen LogP contribution >= 0.6 is 50.9 Å². The SMILES string of the molecule is CCOc1cc(/C=C2/SC(=O)N(Cc3ccc(Cl)cc3Cl)C2=O)cc(Br)c1O. The van der Waals surface area contributed by atoms with Crippen LogP contribution in [0.4, 0.5) is 4.79 Å². The van der Waals surface area contributed by atoms with Gasteiger partial charge in [-0.1, -0.05) is 29.3 Å². The van der Waals surface area contributed by atoms with Crippen molar-refractivity contribution >= 4 is 68.1 Å². The van der Waals surface area contributed by atoms with Gasteiger partial charge in [-0.25, -0.2) is 0 Å². The molecule has 2 aromatic carbocycles. The van der Waals surface area contributed by atoms with Crippen molar-refractivity contribution in [3.05, 3.63) is 60.9 Å². The minimum absolute atomic E-state index is 0.0236. The standard InChI is InChI=1S/C19H14BrCl2NO4S/c1-2-27-15-6-10(5-13(20)17(15)24)7-16-18(25)23(19(26)28-16)9-11-3-4-12(21)8-14(11)22/h3-8,24H,2,9H2,1H3/b16-7+. The van der Waals surface area contributed by atoms with Gasteiger partial charge in [0.05, 0.1) is 22.5 Å². The summed E-state index contributed by atoms with van der Waals surface area (Å²) in [6.07, 6.45) is 1.58. The number of aromatic hydroxyl groups is 1. The fraction of sp³-hybridized carbons (Fsp3) is 0.158. The van der Waals surface area contributed by atoms with Crippen molar-refractivity contribution < 1.29 is 19.4 Å². The van der Waals surface area contributed by atoms with Crippen molar-refractivity contribution in [1.29, 1.82) is 0 Å². The highest BCUT2D eigenvalue weighted by Gasteiger charge is 2.35. The maximum Gasteiger partial charge on any atom is 0.293 e. The molecule has 0 atom stereocenters. The van der Waals surface area contributed by atoms with Crippen molar-refractivity contribution in [3.8, 4) is 11.5 Å². The first-order chi connectivity index (χ1) is 13.3. The summed E-state index contributed by atoms with van der Waals surface area (Å²) in [4.78, 5) is 26.5. The summed E-state index contributed by atoms with van der Waals surface area (Å²) in [5, 5.41) is 10.5. The number of ether oxygens (including phenoxy) is 1. The average Bonchev–Trinajstić information content (AvgIpc) is 2.89. The van der Waals surface area contributed by atoms with E-state index in [1.54, 1.807) is 43.3 Å². The second kappa shape index (κ2) is 8.78. The normalized spacial score (nSPS) is 15.6. The third-order valence-electron chi connectivity index (χ3n) is 3.87. The summed E-state index contributed by atoms with van der Waals surface area (Å²) in [5.41, 5.74) is 1.24. The third kappa shape index (κ3) is 4.49. The Morgan fingerprint density at radius 2 is 2.00 bits per heavy atom. The van der Waals surface area contributed by atoms with Crippen LogP contribution in [0.5, 0.6) is 11.5 Å². The Hall–Kier alpha value is -1.67. The Kier molecular flexibility index (Phi) is 6.60. The van der Waals surface area contributed by atoms with Crippen LogP contribution in [0.25, 0.3) is 6.08 Å². The molecule has 1 aliphatic rings. The molecule has 0 saturated carbocycles. The number of carbonyl (C=O) groups excluding carboxylic acids is 2. The maximum atomic E-state index is 12.7. The predicted octanol–water partition coefficient (Wildman–Crippen LogP) is 6.10. The first kappa shape index (κ1) is 21.0. The Labute approximate surface area is 184 Å². The van der Waals surface area contributed by atoms with Crippen LogP contribution < -0.4 is 4.74 Å². The first-order valence-corrected chi connectivity index (χ1v) is 10.5. The Morgan fingerprint density at radius 3 is 2.68 bits per heavy atom. The second-order valence-corrected chi connectivity index (χ2v) is 8.48. The number of benzene rings is 2. The number of carbonyl (C=O) groups is 2. The van der Waals surface area contributed by atoms with Gasteiger partial charge in [-0.2, -0.15) is 0 Å². The van der Waals surface area contributed by atoms with Gasteiger partial charge in [0.25, 0.3) is 11.1 Å². The van der Waals surface area contributed by atoms with Crippen LogP contribution in [0.2, 0.25) is 10.0 Å². The molecular weight excluding hydrogens is 489 g/mol. The van der Waals surface area contributed by atoms with Crippen LogP contribution in [0.1, 0.15) is 18.1 Å². The number of nitrogens with zero attached hydrogens (tertiary/aromatic N) is 1. The van der Waals surface area contributed by atoms with E-state index in [1.807, 2.05) is 0 Å². The zero-order chi connectivity index (χ0) is 20.4. The number of thioether (sulfide) groups is 1. The van der Waals surface area contributed by atoms with E-state index < -0.39 is 5.91 Å². The highest BCUT2D eigenvalue weighted by Crippen LogP contribution is 2.39. The Balaban J connectivity index is 1.87. The summed E-state index contributed by atoms with van der Waals surface area (Å²) < 4.78 is 5.82. The number of amides is 2. The van der Waals surface area contributed by atoms with E-state index >= 15 is 0 Å². The zero-order valence-electron chi connectivity index (χ0n) is 14.5. The highest BCUT2D eigenvalue weighted by atomic mass is 79.9. The fourth-order valence-electron chi connectivity index (χ4n) is 2.55. The number of phenolic OH excluding ortho intramolecular Hbond substituents is 1. The van der Waals surface area contributed by atoms with Gasteiger partial charge in [0.2, 0.25) is 0 Å². The molecule has 2 aromatic rings. The van der Waals surface area contributed by atoms with Crippen LogP contribution in [-0.2, 0) is 11.3 Å². The van der Waals surface area contributed by atoms with E-state index in [0.717, 1.165) is 16.7 Å². The number of phenols is 1. The molecule has 0 radical (unpaired) electrons. The molecule has 0 aliphatic carbocycles. The number of rotatable bonds is 5.